The number of H-pyrrole nitrogens is 1. The molecule has 0 fully saturated rings. The van der Waals surface area contributed by atoms with Crippen molar-refractivity contribution in [1.82, 2.24) is 19.5 Å². The predicted molar refractivity (Wildman–Crippen MR) is 70.1 cm³/mol. The van der Waals surface area contributed by atoms with Gasteiger partial charge < -0.3 is 9.55 Å². The molecule has 2 N–H and O–H groups in total. The minimum absolute atomic E-state index is 0.0459. The number of sulfonamides is 1. The average molecular weight is 277 g/mol. The first-order chi connectivity index (χ1) is 9.04. The van der Waals surface area contributed by atoms with Crippen molar-refractivity contribution < 1.29 is 8.42 Å². The molecule has 0 spiro atoms. The van der Waals surface area contributed by atoms with E-state index in [1.54, 1.807) is 17.7 Å². The molecule has 0 radical (unpaired) electrons. The largest absolute Gasteiger partial charge is 0.339 e. The van der Waals surface area contributed by atoms with E-state index in [4.69, 9.17) is 0 Å². The SMILES string of the molecule is Cn1cnc(S(=O)(=O)Nc2nc3ccccc3[nH]2)c1. The van der Waals surface area contributed by atoms with Crippen molar-refractivity contribution in [3.05, 3.63) is 36.8 Å². The maximum atomic E-state index is 12.0. The number of hydrogen-bond acceptors (Lipinski definition) is 4. The second-order valence-electron chi connectivity index (χ2n) is 4.09. The number of nitrogens with one attached hydrogen (secondary N) is 2. The number of rotatable bonds is 3. The second kappa shape index (κ2) is 4.09. The molecule has 7 nitrogen and oxygen atoms in total. The van der Waals surface area contributed by atoms with Crippen LogP contribution in [0.15, 0.2) is 41.8 Å². The second-order valence-corrected chi connectivity index (χ2v) is 5.71. The van der Waals surface area contributed by atoms with Gasteiger partial charge >= 0.3 is 0 Å². The fourth-order valence-electron chi connectivity index (χ4n) is 1.71. The lowest BCUT2D eigenvalue weighted by Crippen LogP contribution is -2.14. The molecule has 0 amide bonds. The highest BCUT2D eigenvalue weighted by Gasteiger charge is 2.18. The molecular formula is C11H11N5O2S. The molecule has 0 aliphatic carbocycles. The summed E-state index contributed by atoms with van der Waals surface area (Å²) in [6.45, 7) is 0. The van der Waals surface area contributed by atoms with Crippen molar-refractivity contribution in [3.63, 3.8) is 0 Å². The smallest absolute Gasteiger partial charge is 0.283 e. The molecule has 0 aliphatic rings. The monoisotopic (exact) mass is 277 g/mol. The lowest BCUT2D eigenvalue weighted by molar-refractivity contribution is 0.598. The standard InChI is InChI=1S/C11H11N5O2S/c1-16-6-10(12-7-16)19(17,18)15-11-13-8-4-2-3-5-9(8)14-11/h2-7H,1H3,(H2,13,14,15). The molecule has 0 saturated heterocycles. The van der Waals surface area contributed by atoms with Gasteiger partial charge in [0, 0.05) is 13.2 Å². The number of aromatic nitrogens is 4. The molecule has 2 heterocycles. The Morgan fingerprint density at radius 2 is 2.11 bits per heavy atom. The third-order valence-electron chi connectivity index (χ3n) is 2.58. The van der Waals surface area contributed by atoms with Crippen LogP contribution in [0.3, 0.4) is 0 Å². The van der Waals surface area contributed by atoms with E-state index in [9.17, 15) is 8.42 Å². The Bertz CT molecular complexity index is 801. The van der Waals surface area contributed by atoms with Gasteiger partial charge in [-0.05, 0) is 12.1 Å². The van der Waals surface area contributed by atoms with Crippen molar-refractivity contribution in [2.75, 3.05) is 4.72 Å². The Labute approximate surface area is 109 Å². The van der Waals surface area contributed by atoms with Crippen molar-refractivity contribution >= 4 is 27.0 Å². The van der Waals surface area contributed by atoms with Crippen molar-refractivity contribution in [2.45, 2.75) is 5.03 Å². The van der Waals surface area contributed by atoms with Crippen molar-refractivity contribution in [3.8, 4) is 0 Å². The highest BCUT2D eigenvalue weighted by Crippen LogP contribution is 2.16. The summed E-state index contributed by atoms with van der Waals surface area (Å²) in [5.74, 6) is 0.173. The molecule has 0 bridgehead atoms. The molecule has 8 heteroatoms. The maximum absolute atomic E-state index is 12.0. The molecule has 0 aliphatic heterocycles. The molecule has 3 aromatic rings. The van der Waals surface area contributed by atoms with Gasteiger partial charge in [-0.15, -0.1) is 0 Å². The van der Waals surface area contributed by atoms with Crippen LogP contribution in [0.25, 0.3) is 11.0 Å². The highest BCUT2D eigenvalue weighted by molar-refractivity contribution is 7.92. The average Bonchev–Trinajstić information content (AvgIpc) is 2.94. The van der Waals surface area contributed by atoms with E-state index in [2.05, 4.69) is 19.7 Å². The zero-order valence-electron chi connectivity index (χ0n) is 10.0. The summed E-state index contributed by atoms with van der Waals surface area (Å²) in [4.78, 5) is 10.9. The molecule has 1 aromatic carbocycles. The maximum Gasteiger partial charge on any atom is 0.283 e. The number of imidazole rings is 2. The molecule has 3 rings (SSSR count). The predicted octanol–water partition coefficient (Wildman–Crippen LogP) is 1.10. The Morgan fingerprint density at radius 3 is 2.79 bits per heavy atom. The van der Waals surface area contributed by atoms with Crippen LogP contribution >= 0.6 is 0 Å². The van der Waals surface area contributed by atoms with Crippen LogP contribution in [0.1, 0.15) is 0 Å². The van der Waals surface area contributed by atoms with Gasteiger partial charge in [0.25, 0.3) is 10.0 Å². The first kappa shape index (κ1) is 11.7. The lowest BCUT2D eigenvalue weighted by atomic mass is 10.3. The number of nitrogens with zero attached hydrogens (tertiary/aromatic N) is 3. The van der Waals surface area contributed by atoms with Gasteiger partial charge in [-0.1, -0.05) is 12.1 Å². The summed E-state index contributed by atoms with van der Waals surface area (Å²) in [5.41, 5.74) is 1.46. The Kier molecular flexibility index (Phi) is 2.53. The number of para-hydroxylation sites is 2. The van der Waals surface area contributed by atoms with Gasteiger partial charge in [0.1, 0.15) is 0 Å². The number of aromatic amines is 1. The highest BCUT2D eigenvalue weighted by atomic mass is 32.2. The van der Waals surface area contributed by atoms with E-state index in [0.717, 1.165) is 5.52 Å². The van der Waals surface area contributed by atoms with E-state index >= 15 is 0 Å². The normalized spacial score (nSPS) is 11.8. The first-order valence-corrected chi connectivity index (χ1v) is 6.98. The van der Waals surface area contributed by atoms with Crippen LogP contribution in [-0.4, -0.2) is 27.9 Å². The van der Waals surface area contributed by atoms with E-state index in [0.29, 0.717) is 5.52 Å². The van der Waals surface area contributed by atoms with Crippen LogP contribution in [0.4, 0.5) is 5.95 Å². The molecule has 0 atom stereocenters. The van der Waals surface area contributed by atoms with Crippen LogP contribution in [0.2, 0.25) is 0 Å². The van der Waals surface area contributed by atoms with Crippen molar-refractivity contribution in [2.24, 2.45) is 7.05 Å². The van der Waals surface area contributed by atoms with Gasteiger partial charge in [0.05, 0.1) is 17.4 Å². The third kappa shape index (κ3) is 2.17. The third-order valence-corrected chi connectivity index (χ3v) is 3.80. The van der Waals surface area contributed by atoms with E-state index < -0.39 is 10.0 Å². The topological polar surface area (TPSA) is 92.7 Å². The quantitative estimate of drug-likeness (QED) is 0.749. The summed E-state index contributed by atoms with van der Waals surface area (Å²) < 4.78 is 28.0. The summed E-state index contributed by atoms with van der Waals surface area (Å²) in [6, 6.07) is 7.29. The molecule has 0 saturated carbocycles. The van der Waals surface area contributed by atoms with Crippen LogP contribution in [0.5, 0.6) is 0 Å². The Morgan fingerprint density at radius 1 is 1.32 bits per heavy atom. The van der Waals surface area contributed by atoms with Gasteiger partial charge in [-0.2, -0.15) is 8.42 Å². The summed E-state index contributed by atoms with van der Waals surface area (Å²) in [7, 11) is -2.01. The van der Waals surface area contributed by atoms with E-state index in [1.807, 2.05) is 18.2 Å². The van der Waals surface area contributed by atoms with Gasteiger partial charge in [0.2, 0.25) is 5.95 Å². The zero-order chi connectivity index (χ0) is 13.5. The van der Waals surface area contributed by atoms with Crippen LogP contribution in [-0.2, 0) is 17.1 Å². The number of fused-ring (bicyclic) bond motifs is 1. The molecule has 19 heavy (non-hydrogen) atoms. The Balaban J connectivity index is 1.96. The minimum Gasteiger partial charge on any atom is -0.339 e. The summed E-state index contributed by atoms with van der Waals surface area (Å²) in [5, 5.41) is -0.0459. The van der Waals surface area contributed by atoms with Crippen LogP contribution < -0.4 is 4.72 Å². The fraction of sp³-hybridized carbons (Fsp3) is 0.0909. The van der Waals surface area contributed by atoms with Gasteiger partial charge in [-0.25, -0.2) is 14.7 Å². The van der Waals surface area contributed by atoms with Gasteiger partial charge in [-0.3, -0.25) is 0 Å². The number of anilines is 1. The summed E-state index contributed by atoms with van der Waals surface area (Å²) in [6.07, 6.45) is 2.85. The minimum atomic E-state index is -3.72. The summed E-state index contributed by atoms with van der Waals surface area (Å²) >= 11 is 0. The van der Waals surface area contributed by atoms with Gasteiger partial charge in [0.15, 0.2) is 5.03 Å². The lowest BCUT2D eigenvalue weighted by Gasteiger charge is -2.00. The molecule has 98 valence electrons. The molecule has 0 unspecified atom stereocenters. The molecule has 2 aromatic heterocycles. The van der Waals surface area contributed by atoms with Crippen LogP contribution in [0, 0.1) is 0 Å². The number of benzene rings is 1. The van der Waals surface area contributed by atoms with Crippen molar-refractivity contribution in [1.29, 1.82) is 0 Å². The number of aryl methyl sites for hydroxylation is 1. The number of hydrogen-bond donors (Lipinski definition) is 2. The Hall–Kier alpha value is -2.35. The van der Waals surface area contributed by atoms with E-state index in [1.165, 1.54) is 12.5 Å². The molecular weight excluding hydrogens is 266 g/mol. The fourth-order valence-corrected chi connectivity index (χ4v) is 2.66. The van der Waals surface area contributed by atoms with E-state index in [-0.39, 0.29) is 11.0 Å². The zero-order valence-corrected chi connectivity index (χ0v) is 10.8. The first-order valence-electron chi connectivity index (χ1n) is 5.50.